The zero-order chi connectivity index (χ0) is 13.7. The van der Waals surface area contributed by atoms with Crippen molar-refractivity contribution in [3.63, 3.8) is 0 Å². The van der Waals surface area contributed by atoms with Crippen molar-refractivity contribution in [3.8, 4) is 0 Å². The summed E-state index contributed by atoms with van der Waals surface area (Å²) < 4.78 is 42.2. The Morgan fingerprint density at radius 3 is 2.58 bits per heavy atom. The number of aromatic nitrogens is 3. The molecule has 0 aliphatic carbocycles. The lowest BCUT2D eigenvalue weighted by Crippen LogP contribution is -2.24. The number of hydrogen-bond donors (Lipinski definition) is 0. The quantitative estimate of drug-likeness (QED) is 0.755. The van der Waals surface area contributed by atoms with Crippen LogP contribution >= 0.6 is 0 Å². The maximum atomic E-state index is 12.0. The van der Waals surface area contributed by atoms with Crippen LogP contribution in [0.2, 0.25) is 0 Å². The lowest BCUT2D eigenvalue weighted by Gasteiger charge is -2.14. The molecule has 0 N–H and O–H groups in total. The molecule has 0 unspecified atom stereocenters. The summed E-state index contributed by atoms with van der Waals surface area (Å²) in [5.74, 6) is 0. The Bertz CT molecular complexity index is 515. The van der Waals surface area contributed by atoms with Crippen molar-refractivity contribution in [1.29, 1.82) is 0 Å². The third-order valence-electron chi connectivity index (χ3n) is 2.43. The highest BCUT2D eigenvalue weighted by Gasteiger charge is 2.23. The molecule has 0 spiro atoms. The second-order valence-corrected chi connectivity index (χ2v) is 4.09. The first-order valence-electron chi connectivity index (χ1n) is 5.74. The predicted molar refractivity (Wildman–Crippen MR) is 64.3 cm³/mol. The largest absolute Gasteiger partial charge is 0.503 e. The number of hydrogen-bond acceptors (Lipinski definition) is 3. The Balaban J connectivity index is 1.94. The Kier molecular flexibility index (Phi) is 4.21. The minimum atomic E-state index is -4.92. The zero-order valence-corrected chi connectivity index (χ0v) is 10.0. The molecule has 1 aromatic carbocycles. The Morgan fingerprint density at radius 2 is 1.89 bits per heavy atom. The molecule has 19 heavy (non-hydrogen) atoms. The molecule has 102 valence electrons. The molecule has 0 bridgehead atoms. The van der Waals surface area contributed by atoms with Crippen LogP contribution in [0.5, 0.6) is 0 Å². The summed E-state index contributed by atoms with van der Waals surface area (Å²) in [5.41, 5.74) is 1.51. The van der Waals surface area contributed by atoms with Crippen LogP contribution in [0.15, 0.2) is 36.5 Å². The summed E-state index contributed by atoms with van der Waals surface area (Å²) >= 11 is 0. The molecular weight excluding hydrogens is 258 g/mol. The molecule has 0 saturated carbocycles. The number of nitrogens with zero attached hydrogens (tertiary/aromatic N) is 3. The SMILES string of the molecule is F[B-](F)(F)COCc1cnnn1Cc1ccccc1. The fourth-order valence-corrected chi connectivity index (χ4v) is 1.58. The van der Waals surface area contributed by atoms with E-state index in [1.54, 1.807) is 0 Å². The van der Waals surface area contributed by atoms with Crippen LogP contribution in [0.3, 0.4) is 0 Å². The maximum Gasteiger partial charge on any atom is 0.503 e. The van der Waals surface area contributed by atoms with Gasteiger partial charge in [0, 0.05) is 6.51 Å². The van der Waals surface area contributed by atoms with E-state index in [1.165, 1.54) is 10.9 Å². The highest BCUT2D eigenvalue weighted by Crippen LogP contribution is 2.10. The Labute approximate surface area is 108 Å². The molecular formula is C11H12BF3N3O-. The van der Waals surface area contributed by atoms with Crippen LogP contribution in [-0.2, 0) is 17.9 Å². The average Bonchev–Trinajstić information content (AvgIpc) is 2.76. The van der Waals surface area contributed by atoms with Crippen molar-refractivity contribution in [2.24, 2.45) is 0 Å². The lowest BCUT2D eigenvalue weighted by molar-refractivity contribution is 0.132. The van der Waals surface area contributed by atoms with Gasteiger partial charge in [0.1, 0.15) is 0 Å². The first kappa shape index (κ1) is 13.6. The summed E-state index contributed by atoms with van der Waals surface area (Å²) in [5, 5.41) is 7.53. The molecule has 0 fully saturated rings. The summed E-state index contributed by atoms with van der Waals surface area (Å²) in [7, 11) is 0. The van der Waals surface area contributed by atoms with Crippen molar-refractivity contribution in [2.75, 3.05) is 6.51 Å². The standard InChI is InChI=1S/C11H12BF3N3O/c13-12(14,15)9-19-8-11-6-16-17-18(11)7-10-4-2-1-3-5-10/h1-6H,7-9H2/q-1. The molecule has 8 heteroatoms. The van der Waals surface area contributed by atoms with Crippen molar-refractivity contribution in [1.82, 2.24) is 15.0 Å². The van der Waals surface area contributed by atoms with Gasteiger partial charge in [0.25, 0.3) is 0 Å². The third-order valence-corrected chi connectivity index (χ3v) is 2.43. The molecule has 0 aliphatic heterocycles. The van der Waals surface area contributed by atoms with Gasteiger partial charge in [-0.1, -0.05) is 35.5 Å². The van der Waals surface area contributed by atoms with Gasteiger partial charge < -0.3 is 17.7 Å². The van der Waals surface area contributed by atoms with Gasteiger partial charge in [0.2, 0.25) is 0 Å². The van der Waals surface area contributed by atoms with E-state index >= 15 is 0 Å². The molecule has 2 rings (SSSR count). The topological polar surface area (TPSA) is 39.9 Å². The Hall–Kier alpha value is -1.83. The van der Waals surface area contributed by atoms with Crippen molar-refractivity contribution >= 4 is 6.98 Å². The normalized spacial score (nSPS) is 11.7. The highest BCUT2D eigenvalue weighted by atomic mass is 19.4. The first-order valence-corrected chi connectivity index (χ1v) is 5.74. The van der Waals surface area contributed by atoms with E-state index in [2.05, 4.69) is 15.0 Å². The molecule has 0 saturated heterocycles. The number of halogens is 3. The van der Waals surface area contributed by atoms with Crippen molar-refractivity contribution < 1.29 is 17.7 Å². The van der Waals surface area contributed by atoms with Crippen molar-refractivity contribution in [3.05, 3.63) is 47.8 Å². The molecule has 1 aromatic heterocycles. The Morgan fingerprint density at radius 1 is 1.16 bits per heavy atom. The van der Waals surface area contributed by atoms with Crippen molar-refractivity contribution in [2.45, 2.75) is 13.2 Å². The maximum absolute atomic E-state index is 12.0. The molecule has 2 aromatic rings. The van der Waals surface area contributed by atoms with Crippen LogP contribution in [0.25, 0.3) is 0 Å². The van der Waals surface area contributed by atoms with E-state index in [-0.39, 0.29) is 6.61 Å². The van der Waals surface area contributed by atoms with Gasteiger partial charge >= 0.3 is 6.98 Å². The van der Waals surface area contributed by atoms with Gasteiger partial charge in [0.05, 0.1) is 25.0 Å². The second-order valence-electron chi connectivity index (χ2n) is 4.09. The zero-order valence-electron chi connectivity index (χ0n) is 10.0. The monoisotopic (exact) mass is 270 g/mol. The van der Waals surface area contributed by atoms with Gasteiger partial charge in [-0.25, -0.2) is 4.68 Å². The van der Waals surface area contributed by atoms with Crippen LogP contribution in [0.1, 0.15) is 11.3 Å². The number of ether oxygens (including phenoxy) is 1. The van der Waals surface area contributed by atoms with E-state index in [1.807, 2.05) is 30.3 Å². The molecule has 1 heterocycles. The van der Waals surface area contributed by atoms with E-state index in [0.29, 0.717) is 12.2 Å². The summed E-state index contributed by atoms with van der Waals surface area (Å²) in [6, 6.07) is 9.47. The third kappa shape index (κ3) is 4.40. The number of benzene rings is 1. The van der Waals surface area contributed by atoms with Gasteiger partial charge in [-0.05, 0) is 5.56 Å². The first-order chi connectivity index (χ1) is 9.04. The summed E-state index contributed by atoms with van der Waals surface area (Å²) in [6.45, 7) is -5.83. The van der Waals surface area contributed by atoms with E-state index in [9.17, 15) is 12.9 Å². The lowest BCUT2D eigenvalue weighted by atomic mass is 9.95. The fraction of sp³-hybridized carbons (Fsp3) is 0.273. The van der Waals surface area contributed by atoms with Gasteiger partial charge in [-0.15, -0.1) is 5.10 Å². The van der Waals surface area contributed by atoms with E-state index < -0.39 is 13.5 Å². The number of rotatable bonds is 6. The second kappa shape index (κ2) is 5.88. The van der Waals surface area contributed by atoms with E-state index in [0.717, 1.165) is 5.56 Å². The minimum Gasteiger partial charge on any atom is -0.447 e. The van der Waals surface area contributed by atoms with Gasteiger partial charge in [-0.3, -0.25) is 0 Å². The van der Waals surface area contributed by atoms with E-state index in [4.69, 9.17) is 0 Å². The molecule has 0 radical (unpaired) electrons. The average molecular weight is 270 g/mol. The summed E-state index contributed by atoms with van der Waals surface area (Å²) in [4.78, 5) is 0. The predicted octanol–water partition coefficient (Wildman–Crippen LogP) is 2.23. The van der Waals surface area contributed by atoms with Crippen LogP contribution in [0, 0.1) is 0 Å². The van der Waals surface area contributed by atoms with Crippen LogP contribution in [0.4, 0.5) is 12.9 Å². The smallest absolute Gasteiger partial charge is 0.447 e. The molecule has 0 aliphatic rings. The highest BCUT2D eigenvalue weighted by molar-refractivity contribution is 6.58. The fourth-order valence-electron chi connectivity index (χ4n) is 1.58. The van der Waals surface area contributed by atoms with Crippen LogP contribution < -0.4 is 0 Å². The molecule has 0 atom stereocenters. The minimum absolute atomic E-state index is 0.152. The van der Waals surface area contributed by atoms with Gasteiger partial charge in [0.15, 0.2) is 0 Å². The summed E-state index contributed by atoms with van der Waals surface area (Å²) in [6.07, 6.45) is 1.41. The molecule has 4 nitrogen and oxygen atoms in total. The van der Waals surface area contributed by atoms with Gasteiger partial charge in [-0.2, -0.15) is 0 Å². The van der Waals surface area contributed by atoms with Crippen LogP contribution in [-0.4, -0.2) is 28.5 Å². The molecule has 0 amide bonds.